The van der Waals surface area contributed by atoms with Crippen LogP contribution in [-0.2, 0) is 20.4 Å². The second kappa shape index (κ2) is 10.6. The molecule has 3 nitrogen and oxygen atoms in total. The number of benzene rings is 4. The Bertz CT molecular complexity index is 1800. The first-order valence-corrected chi connectivity index (χ1v) is 13.0. The van der Waals surface area contributed by atoms with Gasteiger partial charge in [0.05, 0.1) is 5.69 Å². The SMILES string of the molecule is CC1C=CN=C1c1[c-]c2c(cc1)c1ccccc1n2-c1[c-]c(C(c2ccccc2)c2ccccn2)ccc1.[Pd+2]. The zero-order chi connectivity index (χ0) is 25.5. The molecule has 1 aliphatic rings. The van der Waals surface area contributed by atoms with Crippen molar-refractivity contribution in [3.05, 3.63) is 156 Å². The monoisotopic (exact) mass is 593 g/mol. The molecule has 0 aliphatic carbocycles. The number of aromatic nitrogens is 2. The zero-order valence-electron chi connectivity index (χ0n) is 21.4. The summed E-state index contributed by atoms with van der Waals surface area (Å²) in [5, 5.41) is 2.37. The molecule has 190 valence electrons. The van der Waals surface area contributed by atoms with E-state index in [0.717, 1.165) is 39.3 Å². The van der Waals surface area contributed by atoms with E-state index in [2.05, 4.69) is 126 Å². The molecule has 7 rings (SSSR count). The molecule has 3 heterocycles. The average molecular weight is 594 g/mol. The van der Waals surface area contributed by atoms with Gasteiger partial charge >= 0.3 is 20.4 Å². The van der Waals surface area contributed by atoms with Gasteiger partial charge in [-0.3, -0.25) is 4.98 Å². The van der Waals surface area contributed by atoms with Gasteiger partial charge in [0.2, 0.25) is 0 Å². The van der Waals surface area contributed by atoms with Gasteiger partial charge in [0.15, 0.2) is 0 Å². The molecule has 0 fully saturated rings. The van der Waals surface area contributed by atoms with Gasteiger partial charge in [-0.05, 0) is 46.3 Å². The molecular formula is C35H25N3Pd. The van der Waals surface area contributed by atoms with Gasteiger partial charge in [-0.1, -0.05) is 78.7 Å². The van der Waals surface area contributed by atoms with Crippen molar-refractivity contribution in [3.63, 3.8) is 0 Å². The Kier molecular flexibility index (Phi) is 6.83. The van der Waals surface area contributed by atoms with Crippen molar-refractivity contribution in [3.8, 4) is 5.69 Å². The molecule has 2 unspecified atom stereocenters. The van der Waals surface area contributed by atoms with Gasteiger partial charge in [-0.15, -0.1) is 35.4 Å². The van der Waals surface area contributed by atoms with Crippen LogP contribution in [0.5, 0.6) is 0 Å². The van der Waals surface area contributed by atoms with E-state index in [1.165, 1.54) is 16.3 Å². The van der Waals surface area contributed by atoms with Gasteiger partial charge in [0, 0.05) is 23.8 Å². The van der Waals surface area contributed by atoms with Crippen molar-refractivity contribution in [2.24, 2.45) is 10.9 Å². The summed E-state index contributed by atoms with van der Waals surface area (Å²) in [4.78, 5) is 9.37. The number of hydrogen-bond donors (Lipinski definition) is 0. The maximum absolute atomic E-state index is 4.73. The Balaban J connectivity index is 0.00000277. The quantitative estimate of drug-likeness (QED) is 0.148. The topological polar surface area (TPSA) is 30.2 Å². The summed E-state index contributed by atoms with van der Waals surface area (Å²) >= 11 is 0. The Labute approximate surface area is 242 Å². The maximum atomic E-state index is 4.73. The van der Waals surface area contributed by atoms with Crippen LogP contribution in [0, 0.1) is 18.1 Å². The summed E-state index contributed by atoms with van der Waals surface area (Å²) in [5.41, 5.74) is 8.52. The number of rotatable bonds is 5. The third kappa shape index (κ3) is 4.47. The van der Waals surface area contributed by atoms with Crippen LogP contribution in [0.1, 0.15) is 35.2 Å². The number of aliphatic imine (C=N–C) groups is 1. The molecule has 1 aliphatic heterocycles. The van der Waals surface area contributed by atoms with Crippen molar-refractivity contribution in [2.45, 2.75) is 12.8 Å². The predicted molar refractivity (Wildman–Crippen MR) is 155 cm³/mol. The van der Waals surface area contributed by atoms with Crippen LogP contribution in [0.3, 0.4) is 0 Å². The average Bonchev–Trinajstić information content (AvgIpc) is 3.55. The summed E-state index contributed by atoms with van der Waals surface area (Å²) in [6, 6.07) is 43.5. The summed E-state index contributed by atoms with van der Waals surface area (Å²) in [6.45, 7) is 2.18. The molecule has 0 saturated carbocycles. The number of pyridine rings is 1. The van der Waals surface area contributed by atoms with E-state index in [9.17, 15) is 0 Å². The fourth-order valence-corrected chi connectivity index (χ4v) is 5.54. The number of fused-ring (bicyclic) bond motifs is 3. The van der Waals surface area contributed by atoms with E-state index in [1.807, 2.05) is 24.5 Å². The van der Waals surface area contributed by atoms with Crippen molar-refractivity contribution >= 4 is 27.5 Å². The van der Waals surface area contributed by atoms with Crippen LogP contribution >= 0.6 is 0 Å². The summed E-state index contributed by atoms with van der Waals surface area (Å²) in [7, 11) is 0. The molecular weight excluding hydrogens is 569 g/mol. The van der Waals surface area contributed by atoms with Crippen molar-refractivity contribution in [1.82, 2.24) is 9.55 Å². The number of hydrogen-bond acceptors (Lipinski definition) is 2. The first-order valence-electron chi connectivity index (χ1n) is 13.0. The van der Waals surface area contributed by atoms with E-state index < -0.39 is 0 Å². The van der Waals surface area contributed by atoms with Crippen LogP contribution in [0.4, 0.5) is 0 Å². The minimum Gasteiger partial charge on any atom is -0.352 e. The molecule has 0 saturated heterocycles. The molecule has 2 atom stereocenters. The normalized spacial score (nSPS) is 15.3. The minimum absolute atomic E-state index is 0. The molecule has 4 aromatic carbocycles. The van der Waals surface area contributed by atoms with Crippen LogP contribution in [0.2, 0.25) is 0 Å². The Hall–Kier alpha value is -4.10. The molecule has 0 N–H and O–H groups in total. The molecule has 0 spiro atoms. The van der Waals surface area contributed by atoms with Gasteiger partial charge in [0.1, 0.15) is 0 Å². The van der Waals surface area contributed by atoms with E-state index >= 15 is 0 Å². The number of allylic oxidation sites excluding steroid dienone is 1. The molecule has 2 aromatic heterocycles. The van der Waals surface area contributed by atoms with E-state index in [0.29, 0.717) is 0 Å². The Morgan fingerprint density at radius 2 is 1.59 bits per heavy atom. The summed E-state index contributed by atoms with van der Waals surface area (Å²) in [6.07, 6.45) is 5.88. The second-order valence-electron chi connectivity index (χ2n) is 9.72. The Morgan fingerprint density at radius 3 is 2.38 bits per heavy atom. The zero-order valence-corrected chi connectivity index (χ0v) is 22.9. The van der Waals surface area contributed by atoms with E-state index in [-0.39, 0.29) is 32.3 Å². The fraction of sp³-hybridized carbons (Fsp3) is 0.0857. The first-order chi connectivity index (χ1) is 18.8. The Morgan fingerprint density at radius 1 is 0.769 bits per heavy atom. The smallest absolute Gasteiger partial charge is 0.352 e. The van der Waals surface area contributed by atoms with Crippen molar-refractivity contribution in [2.75, 3.05) is 0 Å². The number of nitrogens with zero attached hydrogens (tertiary/aromatic N) is 3. The van der Waals surface area contributed by atoms with Crippen molar-refractivity contribution < 1.29 is 20.4 Å². The van der Waals surface area contributed by atoms with Crippen LogP contribution in [0.25, 0.3) is 27.5 Å². The maximum Gasteiger partial charge on any atom is 2.00 e. The fourth-order valence-electron chi connectivity index (χ4n) is 5.54. The standard InChI is InChI=1S/C35H25N3.Pd/c1-24-19-21-37-35(24)27-17-18-30-29-14-5-6-16-32(29)38(33(30)23-27)28-13-9-12-26(22-28)34(25-10-3-2-4-11-25)31-15-7-8-20-36-31;/h2-21,24,34H,1H3;/q-2;+2. The van der Waals surface area contributed by atoms with Gasteiger partial charge in [-0.25, -0.2) is 0 Å². The van der Waals surface area contributed by atoms with Crippen LogP contribution in [-0.4, -0.2) is 15.3 Å². The molecule has 0 bridgehead atoms. The van der Waals surface area contributed by atoms with Crippen LogP contribution < -0.4 is 0 Å². The third-order valence-corrected chi connectivity index (χ3v) is 7.35. The largest absolute Gasteiger partial charge is 2.00 e. The van der Waals surface area contributed by atoms with Gasteiger partial charge in [0.25, 0.3) is 0 Å². The van der Waals surface area contributed by atoms with Gasteiger partial charge < -0.3 is 9.56 Å². The number of para-hydroxylation sites is 1. The third-order valence-electron chi connectivity index (χ3n) is 7.35. The van der Waals surface area contributed by atoms with Gasteiger partial charge in [-0.2, -0.15) is 18.2 Å². The minimum atomic E-state index is -0.0234. The first kappa shape index (κ1) is 25.2. The van der Waals surface area contributed by atoms with Crippen LogP contribution in [0.15, 0.2) is 127 Å². The summed E-state index contributed by atoms with van der Waals surface area (Å²) < 4.78 is 2.28. The second-order valence-corrected chi connectivity index (χ2v) is 9.72. The molecule has 4 heteroatoms. The molecule has 39 heavy (non-hydrogen) atoms. The predicted octanol–water partition coefficient (Wildman–Crippen LogP) is 7.91. The molecule has 0 radical (unpaired) electrons. The van der Waals surface area contributed by atoms with E-state index in [4.69, 9.17) is 4.98 Å². The summed E-state index contributed by atoms with van der Waals surface area (Å²) in [5.74, 6) is 0.256. The van der Waals surface area contributed by atoms with Crippen molar-refractivity contribution in [1.29, 1.82) is 0 Å². The molecule has 0 amide bonds. The molecule has 6 aromatic rings. The van der Waals surface area contributed by atoms with E-state index in [1.54, 1.807) is 0 Å².